The Morgan fingerprint density at radius 1 is 1.33 bits per heavy atom. The van der Waals surface area contributed by atoms with Crippen molar-refractivity contribution in [2.24, 2.45) is 0 Å². The average Bonchev–Trinajstić information content (AvgIpc) is 2.34. The molecule has 1 unspecified atom stereocenters. The summed E-state index contributed by atoms with van der Waals surface area (Å²) >= 11 is 0. The van der Waals surface area contributed by atoms with Crippen molar-refractivity contribution in [3.63, 3.8) is 0 Å². The summed E-state index contributed by atoms with van der Waals surface area (Å²) in [6, 6.07) is 4.58. The van der Waals surface area contributed by atoms with Crippen LogP contribution in [0.3, 0.4) is 0 Å². The third kappa shape index (κ3) is 4.03. The van der Waals surface area contributed by atoms with E-state index < -0.39 is 17.7 Å². The van der Waals surface area contributed by atoms with Crippen LogP contribution < -0.4 is 5.32 Å². The SMILES string of the molecule is COC(=O)CNC(C)c1ccc(C(F)(F)F)cc1. The van der Waals surface area contributed by atoms with Crippen molar-refractivity contribution in [3.05, 3.63) is 35.4 Å². The number of rotatable bonds is 4. The summed E-state index contributed by atoms with van der Waals surface area (Å²) in [5, 5.41) is 2.85. The fraction of sp³-hybridized carbons (Fsp3) is 0.417. The maximum atomic E-state index is 12.3. The molecule has 1 rings (SSSR count). The molecule has 1 N–H and O–H groups in total. The largest absolute Gasteiger partial charge is 0.468 e. The molecule has 0 heterocycles. The van der Waals surface area contributed by atoms with Gasteiger partial charge in [-0.15, -0.1) is 0 Å². The molecular formula is C12H14F3NO2. The Hall–Kier alpha value is -1.56. The lowest BCUT2D eigenvalue weighted by Crippen LogP contribution is -2.26. The van der Waals surface area contributed by atoms with Gasteiger partial charge in [0.25, 0.3) is 0 Å². The molecule has 0 amide bonds. The molecule has 18 heavy (non-hydrogen) atoms. The number of methoxy groups -OCH3 is 1. The average molecular weight is 261 g/mol. The zero-order chi connectivity index (χ0) is 13.8. The summed E-state index contributed by atoms with van der Waals surface area (Å²) in [7, 11) is 1.27. The monoisotopic (exact) mass is 261 g/mol. The molecule has 0 bridgehead atoms. The van der Waals surface area contributed by atoms with Crippen molar-refractivity contribution in [1.29, 1.82) is 0 Å². The van der Waals surface area contributed by atoms with Crippen molar-refractivity contribution >= 4 is 5.97 Å². The summed E-state index contributed by atoms with van der Waals surface area (Å²) in [6.45, 7) is 1.77. The van der Waals surface area contributed by atoms with Gasteiger partial charge in [0.1, 0.15) is 0 Å². The second-order valence-corrected chi connectivity index (χ2v) is 3.80. The zero-order valence-electron chi connectivity index (χ0n) is 10.0. The highest BCUT2D eigenvalue weighted by Crippen LogP contribution is 2.29. The normalized spacial score (nSPS) is 13.2. The molecule has 0 saturated carbocycles. The van der Waals surface area contributed by atoms with Crippen LogP contribution in [0, 0.1) is 0 Å². The summed E-state index contributed by atoms with van der Waals surface area (Å²) in [5.74, 6) is -0.422. The van der Waals surface area contributed by atoms with Crippen LogP contribution in [0.4, 0.5) is 13.2 Å². The summed E-state index contributed by atoms with van der Waals surface area (Å²) in [6.07, 6.45) is -4.33. The van der Waals surface area contributed by atoms with E-state index in [1.165, 1.54) is 19.2 Å². The Balaban J connectivity index is 2.65. The molecule has 0 aliphatic rings. The fourth-order valence-corrected chi connectivity index (χ4v) is 1.39. The number of ether oxygens (including phenoxy) is 1. The molecule has 0 saturated heterocycles. The van der Waals surface area contributed by atoms with Gasteiger partial charge >= 0.3 is 12.1 Å². The first-order valence-electron chi connectivity index (χ1n) is 5.32. The topological polar surface area (TPSA) is 38.3 Å². The molecule has 0 aromatic heterocycles. The zero-order valence-corrected chi connectivity index (χ0v) is 10.0. The van der Waals surface area contributed by atoms with E-state index in [9.17, 15) is 18.0 Å². The maximum Gasteiger partial charge on any atom is 0.416 e. The number of benzene rings is 1. The predicted octanol–water partition coefficient (Wildman–Crippen LogP) is 2.53. The molecule has 0 aliphatic heterocycles. The van der Waals surface area contributed by atoms with Gasteiger partial charge in [0.05, 0.1) is 19.2 Å². The van der Waals surface area contributed by atoms with Gasteiger partial charge in [-0.25, -0.2) is 0 Å². The first-order valence-corrected chi connectivity index (χ1v) is 5.32. The van der Waals surface area contributed by atoms with Crippen LogP contribution in [0.1, 0.15) is 24.1 Å². The molecule has 3 nitrogen and oxygen atoms in total. The number of halogens is 3. The second-order valence-electron chi connectivity index (χ2n) is 3.80. The van der Waals surface area contributed by atoms with E-state index in [0.29, 0.717) is 5.56 Å². The van der Waals surface area contributed by atoms with Crippen LogP contribution in [-0.2, 0) is 15.7 Å². The van der Waals surface area contributed by atoms with Gasteiger partial charge in [-0.05, 0) is 24.6 Å². The lowest BCUT2D eigenvalue weighted by Gasteiger charge is -2.14. The quantitative estimate of drug-likeness (QED) is 0.846. The van der Waals surface area contributed by atoms with Gasteiger partial charge in [-0.2, -0.15) is 13.2 Å². The van der Waals surface area contributed by atoms with E-state index in [1.54, 1.807) is 6.92 Å². The van der Waals surface area contributed by atoms with Gasteiger partial charge < -0.3 is 10.1 Å². The van der Waals surface area contributed by atoms with E-state index in [0.717, 1.165) is 12.1 Å². The Morgan fingerprint density at radius 3 is 2.33 bits per heavy atom. The van der Waals surface area contributed by atoms with Crippen molar-refractivity contribution in [2.75, 3.05) is 13.7 Å². The molecule has 6 heteroatoms. The van der Waals surface area contributed by atoms with E-state index in [-0.39, 0.29) is 12.6 Å². The van der Waals surface area contributed by atoms with Crippen LogP contribution >= 0.6 is 0 Å². The Bertz CT molecular complexity index is 401. The molecule has 1 aromatic carbocycles. The van der Waals surface area contributed by atoms with Gasteiger partial charge in [0.15, 0.2) is 0 Å². The number of carbonyl (C=O) groups is 1. The molecular weight excluding hydrogens is 247 g/mol. The fourth-order valence-electron chi connectivity index (χ4n) is 1.39. The van der Waals surface area contributed by atoms with E-state index in [4.69, 9.17) is 0 Å². The lowest BCUT2D eigenvalue weighted by molar-refractivity contribution is -0.139. The molecule has 0 fully saturated rings. The third-order valence-electron chi connectivity index (χ3n) is 2.52. The minimum atomic E-state index is -4.33. The van der Waals surface area contributed by atoms with Crippen molar-refractivity contribution < 1.29 is 22.7 Å². The van der Waals surface area contributed by atoms with Gasteiger partial charge in [-0.1, -0.05) is 12.1 Å². The molecule has 0 aliphatic carbocycles. The second kappa shape index (κ2) is 5.86. The number of hydrogen-bond donors (Lipinski definition) is 1. The smallest absolute Gasteiger partial charge is 0.416 e. The Labute approximate surface area is 103 Å². The van der Waals surface area contributed by atoms with Gasteiger partial charge in [0.2, 0.25) is 0 Å². The first-order chi connectivity index (χ1) is 8.34. The standard InChI is InChI=1S/C12H14F3NO2/c1-8(16-7-11(17)18-2)9-3-5-10(6-4-9)12(13,14)15/h3-6,8,16H,7H2,1-2H3. The molecule has 100 valence electrons. The van der Waals surface area contributed by atoms with Crippen LogP contribution in [-0.4, -0.2) is 19.6 Å². The van der Waals surface area contributed by atoms with Crippen molar-refractivity contribution in [3.8, 4) is 0 Å². The van der Waals surface area contributed by atoms with E-state index in [2.05, 4.69) is 10.1 Å². The van der Waals surface area contributed by atoms with Crippen LogP contribution in [0.25, 0.3) is 0 Å². The minimum absolute atomic E-state index is 0.0126. The molecule has 0 spiro atoms. The van der Waals surface area contributed by atoms with Gasteiger partial charge in [-0.3, -0.25) is 4.79 Å². The predicted molar refractivity (Wildman–Crippen MR) is 59.9 cm³/mol. The number of alkyl halides is 3. The Morgan fingerprint density at radius 2 is 1.89 bits per heavy atom. The third-order valence-corrected chi connectivity index (χ3v) is 2.52. The van der Waals surface area contributed by atoms with Gasteiger partial charge in [0, 0.05) is 6.04 Å². The first kappa shape index (κ1) is 14.5. The van der Waals surface area contributed by atoms with Crippen LogP contribution in [0.2, 0.25) is 0 Å². The number of hydrogen-bond acceptors (Lipinski definition) is 3. The highest BCUT2D eigenvalue weighted by molar-refractivity contribution is 5.71. The summed E-state index contributed by atoms with van der Waals surface area (Å²) in [4.78, 5) is 10.9. The van der Waals surface area contributed by atoms with Crippen LogP contribution in [0.5, 0.6) is 0 Å². The highest BCUT2D eigenvalue weighted by atomic mass is 19.4. The number of nitrogens with one attached hydrogen (secondary N) is 1. The maximum absolute atomic E-state index is 12.3. The molecule has 0 radical (unpaired) electrons. The van der Waals surface area contributed by atoms with E-state index in [1.807, 2.05) is 0 Å². The van der Waals surface area contributed by atoms with Crippen molar-refractivity contribution in [1.82, 2.24) is 5.32 Å². The minimum Gasteiger partial charge on any atom is -0.468 e. The summed E-state index contributed by atoms with van der Waals surface area (Å²) in [5.41, 5.74) is -0.0154. The highest BCUT2D eigenvalue weighted by Gasteiger charge is 2.30. The van der Waals surface area contributed by atoms with E-state index >= 15 is 0 Å². The lowest BCUT2D eigenvalue weighted by atomic mass is 10.1. The molecule has 1 aromatic rings. The Kier molecular flexibility index (Phi) is 4.72. The number of esters is 1. The number of carbonyl (C=O) groups excluding carboxylic acids is 1. The molecule has 1 atom stereocenters. The van der Waals surface area contributed by atoms with Crippen LogP contribution in [0.15, 0.2) is 24.3 Å². The summed E-state index contributed by atoms with van der Waals surface area (Å²) < 4.78 is 41.5. The van der Waals surface area contributed by atoms with Crippen molar-refractivity contribution in [2.45, 2.75) is 19.1 Å².